The molecule has 152 valence electrons. The number of hydrogen-bond donors (Lipinski definition) is 2. The van der Waals surface area contributed by atoms with Crippen molar-refractivity contribution in [2.45, 2.75) is 83.0 Å². The Labute approximate surface area is 170 Å². The van der Waals surface area contributed by atoms with E-state index in [4.69, 9.17) is 0 Å². The molecule has 0 saturated heterocycles. The highest BCUT2D eigenvalue weighted by Gasteiger charge is 2.37. The first-order chi connectivity index (χ1) is 13.5. The average Bonchev–Trinajstić information content (AvgIpc) is 2.72. The van der Waals surface area contributed by atoms with Gasteiger partial charge in [0, 0.05) is 0 Å². The minimum Gasteiger partial charge on any atom is -0.508 e. The lowest BCUT2D eigenvalue weighted by Crippen LogP contribution is -2.34. The van der Waals surface area contributed by atoms with Crippen LogP contribution in [0.2, 0.25) is 0 Å². The van der Waals surface area contributed by atoms with Gasteiger partial charge in [-0.3, -0.25) is 0 Å². The summed E-state index contributed by atoms with van der Waals surface area (Å²) in [7, 11) is 0. The van der Waals surface area contributed by atoms with Crippen LogP contribution in [0.4, 0.5) is 0 Å². The van der Waals surface area contributed by atoms with Gasteiger partial charge in [0.2, 0.25) is 0 Å². The van der Waals surface area contributed by atoms with E-state index in [-0.39, 0.29) is 5.41 Å². The third kappa shape index (κ3) is 4.90. The lowest BCUT2D eigenvalue weighted by atomic mass is 9.62. The molecule has 0 radical (unpaired) electrons. The Bertz CT molecular complexity index is 711. The summed E-state index contributed by atoms with van der Waals surface area (Å²) in [5.41, 5.74) is 2.93. The van der Waals surface area contributed by atoms with Crippen molar-refractivity contribution < 1.29 is 10.2 Å². The second-order valence-electron chi connectivity index (χ2n) is 8.92. The molecule has 2 aromatic rings. The number of rotatable bonds is 8. The van der Waals surface area contributed by atoms with E-state index in [1.54, 1.807) is 0 Å². The van der Waals surface area contributed by atoms with Gasteiger partial charge < -0.3 is 10.2 Å². The number of hydrogen-bond acceptors (Lipinski definition) is 2. The molecule has 0 bridgehead atoms. The molecule has 2 N–H and O–H groups in total. The van der Waals surface area contributed by atoms with E-state index in [1.807, 2.05) is 24.3 Å². The molecule has 1 fully saturated rings. The number of aromatic hydroxyl groups is 2. The molecule has 1 aliphatic carbocycles. The molecule has 1 aliphatic rings. The van der Waals surface area contributed by atoms with Gasteiger partial charge >= 0.3 is 0 Å². The van der Waals surface area contributed by atoms with Crippen molar-refractivity contribution in [3.05, 3.63) is 59.7 Å². The molecule has 0 amide bonds. The van der Waals surface area contributed by atoms with E-state index >= 15 is 0 Å². The van der Waals surface area contributed by atoms with Gasteiger partial charge in [0.15, 0.2) is 0 Å². The average molecular weight is 381 g/mol. The van der Waals surface area contributed by atoms with Crippen LogP contribution >= 0.6 is 0 Å². The first kappa shape index (κ1) is 20.8. The maximum absolute atomic E-state index is 9.74. The largest absolute Gasteiger partial charge is 0.508 e. The molecule has 28 heavy (non-hydrogen) atoms. The van der Waals surface area contributed by atoms with Crippen molar-refractivity contribution in [3.63, 3.8) is 0 Å². The first-order valence-corrected chi connectivity index (χ1v) is 11.1. The fraction of sp³-hybridized carbons (Fsp3) is 0.538. The smallest absolute Gasteiger partial charge is 0.115 e. The molecule has 1 unspecified atom stereocenters. The molecule has 0 heterocycles. The van der Waals surface area contributed by atoms with Crippen molar-refractivity contribution >= 4 is 0 Å². The minimum absolute atomic E-state index is 0.182. The molecule has 1 saturated carbocycles. The summed E-state index contributed by atoms with van der Waals surface area (Å²) in [5, 5.41) is 19.3. The third-order valence-corrected chi connectivity index (χ3v) is 7.07. The molecule has 0 spiro atoms. The zero-order valence-electron chi connectivity index (χ0n) is 17.5. The highest BCUT2D eigenvalue weighted by molar-refractivity contribution is 5.33. The first-order valence-electron chi connectivity index (χ1n) is 11.1. The highest BCUT2D eigenvalue weighted by atomic mass is 16.3. The zero-order valence-corrected chi connectivity index (χ0v) is 17.5. The number of unbranched alkanes of at least 4 members (excludes halogenated alkanes) is 3. The van der Waals surface area contributed by atoms with Crippen LogP contribution in [0.3, 0.4) is 0 Å². The monoisotopic (exact) mass is 380 g/mol. The Hall–Kier alpha value is -1.96. The van der Waals surface area contributed by atoms with Crippen molar-refractivity contribution in [1.29, 1.82) is 0 Å². The van der Waals surface area contributed by atoms with Gasteiger partial charge in [0.05, 0.1) is 0 Å². The normalized spacial score (nSPS) is 21.9. The van der Waals surface area contributed by atoms with E-state index in [1.165, 1.54) is 68.9 Å². The van der Waals surface area contributed by atoms with Crippen LogP contribution in [0.1, 0.15) is 88.7 Å². The van der Waals surface area contributed by atoms with Crippen molar-refractivity contribution in [3.8, 4) is 11.5 Å². The van der Waals surface area contributed by atoms with Gasteiger partial charge in [-0.2, -0.15) is 0 Å². The molecule has 2 aromatic carbocycles. The zero-order chi connectivity index (χ0) is 20.0. The summed E-state index contributed by atoms with van der Waals surface area (Å²) in [6, 6.07) is 15.8. The van der Waals surface area contributed by atoms with Gasteiger partial charge in [-0.1, -0.05) is 63.8 Å². The summed E-state index contributed by atoms with van der Waals surface area (Å²) in [6.45, 7) is 4.72. The second kappa shape index (κ2) is 9.49. The summed E-state index contributed by atoms with van der Waals surface area (Å²) < 4.78 is 0. The summed E-state index contributed by atoms with van der Waals surface area (Å²) in [5.74, 6) is 2.01. The Kier molecular flexibility index (Phi) is 7.04. The van der Waals surface area contributed by atoms with Gasteiger partial charge in [-0.05, 0) is 84.7 Å². The molecular formula is C26H36O2. The van der Waals surface area contributed by atoms with E-state index in [0.717, 1.165) is 0 Å². The van der Waals surface area contributed by atoms with Crippen LogP contribution in [-0.2, 0) is 5.41 Å². The Morgan fingerprint density at radius 1 is 0.786 bits per heavy atom. The van der Waals surface area contributed by atoms with Crippen LogP contribution in [0.15, 0.2) is 48.5 Å². The Morgan fingerprint density at radius 2 is 1.36 bits per heavy atom. The van der Waals surface area contributed by atoms with Crippen LogP contribution in [0, 0.1) is 5.92 Å². The molecule has 1 atom stereocenters. The van der Waals surface area contributed by atoms with E-state index in [0.29, 0.717) is 23.3 Å². The Morgan fingerprint density at radius 3 is 1.93 bits per heavy atom. The SMILES string of the molecule is CCCCCCC(C)(c1ccc(O)cc1)C1CCC(c2ccc(O)cc2)CC1. The van der Waals surface area contributed by atoms with Gasteiger partial charge in [-0.15, -0.1) is 0 Å². The van der Waals surface area contributed by atoms with Crippen LogP contribution in [0.25, 0.3) is 0 Å². The fourth-order valence-corrected chi connectivity index (χ4v) is 5.16. The topological polar surface area (TPSA) is 40.5 Å². The van der Waals surface area contributed by atoms with Crippen molar-refractivity contribution in [2.75, 3.05) is 0 Å². The van der Waals surface area contributed by atoms with Crippen molar-refractivity contribution in [1.82, 2.24) is 0 Å². The lowest BCUT2D eigenvalue weighted by molar-refractivity contribution is 0.189. The molecule has 0 aliphatic heterocycles. The third-order valence-electron chi connectivity index (χ3n) is 7.07. The van der Waals surface area contributed by atoms with Gasteiger partial charge in [0.1, 0.15) is 11.5 Å². The van der Waals surface area contributed by atoms with Crippen LogP contribution in [0.5, 0.6) is 11.5 Å². The molecule has 2 heteroatoms. The van der Waals surface area contributed by atoms with E-state index in [2.05, 4.69) is 38.1 Å². The molecule has 0 aromatic heterocycles. The van der Waals surface area contributed by atoms with Gasteiger partial charge in [-0.25, -0.2) is 0 Å². The predicted molar refractivity (Wildman–Crippen MR) is 117 cm³/mol. The van der Waals surface area contributed by atoms with Crippen molar-refractivity contribution in [2.24, 2.45) is 5.92 Å². The number of benzene rings is 2. The van der Waals surface area contributed by atoms with E-state index < -0.39 is 0 Å². The van der Waals surface area contributed by atoms with Gasteiger partial charge in [0.25, 0.3) is 0 Å². The standard InChI is InChI=1S/C26H36O2/c1-3-4-5-6-19-26(2,23-13-17-25(28)18-14-23)22-11-7-20(8-12-22)21-9-15-24(27)16-10-21/h9-10,13-18,20,22,27-28H,3-8,11-12,19H2,1-2H3. The Balaban J connectivity index is 1.71. The van der Waals surface area contributed by atoms with Crippen LogP contribution in [-0.4, -0.2) is 10.2 Å². The lowest BCUT2D eigenvalue weighted by Gasteiger charge is -2.43. The van der Waals surface area contributed by atoms with E-state index in [9.17, 15) is 10.2 Å². The molecule has 3 rings (SSSR count). The number of phenolic OH excluding ortho intramolecular Hbond substituents is 2. The predicted octanol–water partition coefficient (Wildman–Crippen LogP) is 7.30. The maximum Gasteiger partial charge on any atom is 0.115 e. The van der Waals surface area contributed by atoms with Crippen LogP contribution < -0.4 is 0 Å². The fourth-order valence-electron chi connectivity index (χ4n) is 5.16. The molecular weight excluding hydrogens is 344 g/mol. The quantitative estimate of drug-likeness (QED) is 0.472. The summed E-state index contributed by atoms with van der Waals surface area (Å²) in [4.78, 5) is 0. The second-order valence-corrected chi connectivity index (χ2v) is 8.92. The highest BCUT2D eigenvalue weighted by Crippen LogP contribution is 2.47. The molecule has 2 nitrogen and oxygen atoms in total. The maximum atomic E-state index is 9.74. The summed E-state index contributed by atoms with van der Waals surface area (Å²) >= 11 is 0. The summed E-state index contributed by atoms with van der Waals surface area (Å²) in [6.07, 6.45) is 11.3. The minimum atomic E-state index is 0.182. The number of phenols is 2.